The molecule has 2 amide bonds. The Balaban J connectivity index is 1.94. The number of carbonyl (C=O) groups is 4. The van der Waals surface area contributed by atoms with Crippen molar-refractivity contribution in [3.05, 3.63) is 29.8 Å². The Kier molecular flexibility index (Phi) is 7.50. The van der Waals surface area contributed by atoms with E-state index in [1.54, 1.807) is 6.07 Å². The molecule has 0 bridgehead atoms. The molecule has 2 aliphatic rings. The van der Waals surface area contributed by atoms with Crippen LogP contribution in [0.4, 0.5) is 5.69 Å². The molecule has 2 heterocycles. The Morgan fingerprint density at radius 1 is 1.12 bits per heavy atom. The van der Waals surface area contributed by atoms with Gasteiger partial charge in [-0.2, -0.15) is 0 Å². The largest absolute Gasteiger partial charge is 0.481 e. The van der Waals surface area contributed by atoms with Crippen molar-refractivity contribution in [3.8, 4) is 0 Å². The van der Waals surface area contributed by atoms with Gasteiger partial charge in [-0.25, -0.2) is 4.79 Å². The maximum atomic E-state index is 13.0. The monoisotopic (exact) mass is 484 g/mol. The number of amides is 2. The summed E-state index contributed by atoms with van der Waals surface area (Å²) in [6.45, 7) is -0.767. The highest BCUT2D eigenvalue weighted by Gasteiger charge is 2.55. The third-order valence-corrected chi connectivity index (χ3v) is 5.56. The van der Waals surface area contributed by atoms with Gasteiger partial charge in [0.1, 0.15) is 30.5 Å². The number of ether oxygens (including phenoxy) is 2. The van der Waals surface area contributed by atoms with E-state index in [-0.39, 0.29) is 11.3 Å². The molecule has 0 aromatic heterocycles. The van der Waals surface area contributed by atoms with Crippen LogP contribution in [0.25, 0.3) is 0 Å². The molecule has 8 N–H and O–H groups in total. The second kappa shape index (κ2) is 10.0. The van der Waals surface area contributed by atoms with Crippen LogP contribution in [0, 0.1) is 0 Å². The fourth-order valence-corrected chi connectivity index (χ4v) is 3.83. The van der Waals surface area contributed by atoms with Crippen molar-refractivity contribution >= 4 is 29.4 Å². The van der Waals surface area contributed by atoms with Gasteiger partial charge < -0.3 is 50.7 Å². The van der Waals surface area contributed by atoms with E-state index in [1.807, 2.05) is 5.32 Å². The highest BCUT2D eigenvalue weighted by atomic mass is 16.7. The fraction of sp³-hybridized carbons (Fsp3) is 0.500. The van der Waals surface area contributed by atoms with E-state index in [2.05, 4.69) is 5.32 Å². The lowest BCUT2D eigenvalue weighted by Crippen LogP contribution is -2.61. The summed E-state index contributed by atoms with van der Waals surface area (Å²) in [5.74, 6) is -5.05. The lowest BCUT2D eigenvalue weighted by Gasteiger charge is -2.42. The number of para-hydroxylation sites is 1. The first kappa shape index (κ1) is 25.5. The molecule has 1 saturated heterocycles. The van der Waals surface area contributed by atoms with Crippen LogP contribution >= 0.6 is 0 Å². The number of hydrogen-bond donors (Lipinski definition) is 8. The first-order chi connectivity index (χ1) is 16.0. The molecule has 1 aromatic carbocycles. The van der Waals surface area contributed by atoms with Crippen LogP contribution in [0.1, 0.15) is 18.4 Å². The molecule has 0 aliphatic carbocycles. The van der Waals surface area contributed by atoms with Crippen molar-refractivity contribution in [2.75, 3.05) is 11.9 Å². The highest BCUT2D eigenvalue weighted by Crippen LogP contribution is 2.43. The van der Waals surface area contributed by atoms with E-state index in [4.69, 9.17) is 14.6 Å². The number of carboxylic acid groups (broad SMARTS) is 2. The van der Waals surface area contributed by atoms with Gasteiger partial charge in [-0.15, -0.1) is 0 Å². The summed E-state index contributed by atoms with van der Waals surface area (Å²) >= 11 is 0. The van der Waals surface area contributed by atoms with Crippen LogP contribution < -0.4 is 10.6 Å². The van der Waals surface area contributed by atoms with Gasteiger partial charge in [0.15, 0.2) is 11.9 Å². The van der Waals surface area contributed by atoms with E-state index >= 15 is 0 Å². The molecule has 1 aromatic rings. The van der Waals surface area contributed by atoms with Gasteiger partial charge in [-0.05, 0) is 6.07 Å². The lowest BCUT2D eigenvalue weighted by atomic mass is 9.90. The van der Waals surface area contributed by atoms with E-state index in [0.717, 1.165) is 0 Å². The zero-order valence-electron chi connectivity index (χ0n) is 17.5. The van der Waals surface area contributed by atoms with Crippen LogP contribution in [-0.2, 0) is 34.3 Å². The number of benzene rings is 1. The van der Waals surface area contributed by atoms with Crippen molar-refractivity contribution in [1.29, 1.82) is 0 Å². The number of aliphatic hydroxyl groups excluding tert-OH is 4. The summed E-state index contributed by atoms with van der Waals surface area (Å²) in [7, 11) is 0. The maximum Gasteiger partial charge on any atom is 0.326 e. The van der Waals surface area contributed by atoms with Crippen molar-refractivity contribution in [2.45, 2.75) is 55.2 Å². The summed E-state index contributed by atoms with van der Waals surface area (Å²) in [5.41, 5.74) is -1.83. The summed E-state index contributed by atoms with van der Waals surface area (Å²) in [4.78, 5) is 48.0. The Morgan fingerprint density at radius 2 is 1.79 bits per heavy atom. The maximum absolute atomic E-state index is 13.0. The third-order valence-electron chi connectivity index (χ3n) is 5.56. The van der Waals surface area contributed by atoms with Crippen LogP contribution in [-0.4, -0.2) is 97.7 Å². The van der Waals surface area contributed by atoms with E-state index < -0.39 is 85.6 Å². The van der Waals surface area contributed by atoms with Crippen LogP contribution in [0.15, 0.2) is 24.3 Å². The topological polar surface area (TPSA) is 232 Å². The average Bonchev–Trinajstić information content (AvgIpc) is 3.04. The number of nitrogens with one attached hydrogen (secondary N) is 2. The molecule has 3 rings (SSSR count). The number of fused-ring (bicyclic) bond motifs is 1. The van der Waals surface area contributed by atoms with E-state index in [1.165, 1.54) is 18.2 Å². The Bertz CT molecular complexity index is 969. The smallest absolute Gasteiger partial charge is 0.326 e. The number of aliphatic carboxylic acids is 2. The molecule has 2 aliphatic heterocycles. The molecule has 1 fully saturated rings. The van der Waals surface area contributed by atoms with Gasteiger partial charge in [-0.1, -0.05) is 18.2 Å². The molecule has 0 radical (unpaired) electrons. The van der Waals surface area contributed by atoms with Gasteiger partial charge >= 0.3 is 11.9 Å². The Labute approximate surface area is 191 Å². The number of carboxylic acids is 2. The standard InChI is InChI=1S/C20H24N2O12/c23-7-11-14(27)15(28)16(29)18(33-11)34-20(8-3-1-2-4-9(8)22-19(20)32)6-12(24)21-10(17(30)31)5-13(25)26/h1-4,10-11,14-16,18,23,27-29H,5-7H2,(H,21,24)(H,22,32)(H,25,26)(H,30,31)/t10-,11-,14+,15+,16+,18+,20-/m0/s1. The molecule has 7 atom stereocenters. The molecule has 0 spiro atoms. The van der Waals surface area contributed by atoms with Crippen LogP contribution in [0.2, 0.25) is 0 Å². The molecule has 34 heavy (non-hydrogen) atoms. The zero-order valence-corrected chi connectivity index (χ0v) is 17.5. The van der Waals surface area contributed by atoms with E-state index in [0.29, 0.717) is 0 Å². The molecular weight excluding hydrogens is 460 g/mol. The average molecular weight is 484 g/mol. The number of hydrogen-bond acceptors (Lipinski definition) is 10. The van der Waals surface area contributed by atoms with Gasteiger partial charge in [0.05, 0.1) is 19.4 Å². The minimum absolute atomic E-state index is 0.122. The first-order valence-electron chi connectivity index (χ1n) is 10.1. The lowest BCUT2D eigenvalue weighted by molar-refractivity contribution is -0.323. The minimum atomic E-state index is -2.19. The molecular formula is C20H24N2O12. The minimum Gasteiger partial charge on any atom is -0.481 e. The van der Waals surface area contributed by atoms with Crippen molar-refractivity contribution in [2.24, 2.45) is 0 Å². The second-order valence-electron chi connectivity index (χ2n) is 7.87. The van der Waals surface area contributed by atoms with Crippen LogP contribution in [0.3, 0.4) is 0 Å². The highest BCUT2D eigenvalue weighted by molar-refractivity contribution is 6.07. The van der Waals surface area contributed by atoms with Gasteiger partial charge in [0.2, 0.25) is 5.91 Å². The van der Waals surface area contributed by atoms with Gasteiger partial charge in [0.25, 0.3) is 5.91 Å². The Morgan fingerprint density at radius 3 is 2.41 bits per heavy atom. The molecule has 0 unspecified atom stereocenters. The Hall–Kier alpha value is -3.14. The quantitative estimate of drug-likeness (QED) is 0.176. The van der Waals surface area contributed by atoms with Gasteiger partial charge in [-0.3, -0.25) is 14.4 Å². The predicted octanol–water partition coefficient (Wildman–Crippen LogP) is -2.92. The second-order valence-corrected chi connectivity index (χ2v) is 7.87. The first-order valence-corrected chi connectivity index (χ1v) is 10.1. The van der Waals surface area contributed by atoms with Crippen molar-refractivity contribution in [1.82, 2.24) is 5.32 Å². The predicted molar refractivity (Wildman–Crippen MR) is 108 cm³/mol. The summed E-state index contributed by atoms with van der Waals surface area (Å²) < 4.78 is 11.1. The molecule has 14 nitrogen and oxygen atoms in total. The fourth-order valence-electron chi connectivity index (χ4n) is 3.83. The summed E-state index contributed by atoms with van der Waals surface area (Å²) in [6.07, 6.45) is -10.4. The third kappa shape index (κ3) is 4.86. The van der Waals surface area contributed by atoms with Crippen molar-refractivity contribution in [3.63, 3.8) is 0 Å². The molecule has 186 valence electrons. The summed E-state index contributed by atoms with van der Waals surface area (Å²) in [5, 5.41) is 62.4. The van der Waals surface area contributed by atoms with Crippen molar-refractivity contribution < 1.29 is 59.3 Å². The number of rotatable bonds is 9. The summed E-state index contributed by atoms with van der Waals surface area (Å²) in [6, 6.07) is 4.22. The van der Waals surface area contributed by atoms with E-state index in [9.17, 15) is 44.7 Å². The van der Waals surface area contributed by atoms with Crippen LogP contribution in [0.5, 0.6) is 0 Å². The SMILES string of the molecule is O=C(O)C[C@H](NC(=O)C[C@@]1(O[C@H]2O[C@@H](CO)[C@@H](O)[C@@H](O)[C@H]2O)C(=O)Nc2ccccc21)C(=O)O. The molecule has 0 saturated carbocycles. The normalized spacial score (nSPS) is 31.3. The number of aliphatic hydroxyl groups is 4. The zero-order chi connectivity index (χ0) is 25.2. The van der Waals surface area contributed by atoms with Gasteiger partial charge in [0, 0.05) is 11.3 Å². The number of anilines is 1. The number of carbonyl (C=O) groups excluding carboxylic acids is 2. The molecule has 14 heteroatoms.